The standard InChI is InChI=1S/C20H38N2O5/c1-9-20(10-2,15-13-26-19(6,7)22(15)17(24)25)14(21-8)11-12-16(23)27-18(3,4)5/h14-15,21H,9-13H2,1-8H3,(H,24,25)/t14-,15?/m1/s1. The predicted molar refractivity (Wildman–Crippen MR) is 105 cm³/mol. The van der Waals surface area contributed by atoms with Crippen LogP contribution in [0.3, 0.4) is 0 Å². The minimum Gasteiger partial charge on any atom is -0.465 e. The van der Waals surface area contributed by atoms with Gasteiger partial charge < -0.3 is 19.9 Å². The number of hydrogen-bond acceptors (Lipinski definition) is 5. The maximum atomic E-state index is 12.2. The Morgan fingerprint density at radius 3 is 2.26 bits per heavy atom. The Kier molecular flexibility index (Phi) is 7.70. The molecular formula is C20H38N2O5. The summed E-state index contributed by atoms with van der Waals surface area (Å²) in [6, 6.07) is -0.319. The van der Waals surface area contributed by atoms with E-state index in [4.69, 9.17) is 9.47 Å². The second-order valence-corrected chi connectivity index (χ2v) is 8.83. The SMILES string of the molecule is CCC(CC)(C1COC(C)(C)N1C(=O)O)[C@@H](CCC(=O)OC(C)(C)C)NC. The van der Waals surface area contributed by atoms with Crippen molar-refractivity contribution < 1.29 is 24.2 Å². The zero-order valence-corrected chi connectivity index (χ0v) is 18.2. The van der Waals surface area contributed by atoms with E-state index >= 15 is 0 Å². The molecule has 2 atom stereocenters. The highest BCUT2D eigenvalue weighted by molar-refractivity contribution is 5.70. The Labute approximate surface area is 163 Å². The van der Waals surface area contributed by atoms with Crippen molar-refractivity contribution in [2.24, 2.45) is 5.41 Å². The highest BCUT2D eigenvalue weighted by Gasteiger charge is 2.54. The van der Waals surface area contributed by atoms with Gasteiger partial charge in [0.25, 0.3) is 0 Å². The van der Waals surface area contributed by atoms with Crippen LogP contribution in [0.1, 0.15) is 74.1 Å². The van der Waals surface area contributed by atoms with Crippen LogP contribution in [0, 0.1) is 5.41 Å². The van der Waals surface area contributed by atoms with Gasteiger partial charge in [0.2, 0.25) is 0 Å². The highest BCUT2D eigenvalue weighted by atomic mass is 16.6. The summed E-state index contributed by atoms with van der Waals surface area (Å²) in [5, 5.41) is 13.2. The van der Waals surface area contributed by atoms with Crippen LogP contribution >= 0.6 is 0 Å². The number of amides is 1. The molecule has 1 amide bonds. The summed E-state index contributed by atoms with van der Waals surface area (Å²) >= 11 is 0. The van der Waals surface area contributed by atoms with E-state index in [0.717, 1.165) is 12.8 Å². The first-order valence-electron chi connectivity index (χ1n) is 9.90. The van der Waals surface area contributed by atoms with E-state index in [9.17, 15) is 14.7 Å². The maximum absolute atomic E-state index is 12.2. The van der Waals surface area contributed by atoms with Crippen LogP contribution in [-0.4, -0.2) is 59.1 Å². The Hall–Kier alpha value is -1.34. The summed E-state index contributed by atoms with van der Waals surface area (Å²) in [4.78, 5) is 25.6. The molecule has 2 N–H and O–H groups in total. The molecule has 158 valence electrons. The molecule has 0 aromatic carbocycles. The van der Waals surface area contributed by atoms with Gasteiger partial charge in [0, 0.05) is 17.9 Å². The van der Waals surface area contributed by atoms with E-state index in [1.54, 1.807) is 13.8 Å². The second kappa shape index (κ2) is 8.78. The third kappa shape index (κ3) is 5.35. The van der Waals surface area contributed by atoms with Crippen molar-refractivity contribution in [3.05, 3.63) is 0 Å². The minimum absolute atomic E-state index is 0.0376. The monoisotopic (exact) mass is 386 g/mol. The van der Waals surface area contributed by atoms with Gasteiger partial charge in [-0.1, -0.05) is 13.8 Å². The largest absolute Gasteiger partial charge is 0.465 e. The lowest BCUT2D eigenvalue weighted by Gasteiger charge is -2.47. The second-order valence-electron chi connectivity index (χ2n) is 8.83. The van der Waals surface area contributed by atoms with E-state index < -0.39 is 17.4 Å². The summed E-state index contributed by atoms with van der Waals surface area (Å²) in [6.45, 7) is 13.6. The molecule has 0 radical (unpaired) electrons. The normalized spacial score (nSPS) is 21.2. The number of carbonyl (C=O) groups excluding carboxylic acids is 1. The van der Waals surface area contributed by atoms with Gasteiger partial charge in [0.05, 0.1) is 12.6 Å². The number of rotatable bonds is 8. The van der Waals surface area contributed by atoms with Crippen LogP contribution < -0.4 is 5.32 Å². The van der Waals surface area contributed by atoms with Gasteiger partial charge in [-0.2, -0.15) is 0 Å². The van der Waals surface area contributed by atoms with Gasteiger partial charge in [-0.15, -0.1) is 0 Å². The van der Waals surface area contributed by atoms with Crippen LogP contribution in [-0.2, 0) is 14.3 Å². The number of nitrogens with zero attached hydrogens (tertiary/aromatic N) is 1. The van der Waals surface area contributed by atoms with Gasteiger partial charge in [0.1, 0.15) is 11.3 Å². The first-order valence-corrected chi connectivity index (χ1v) is 9.90. The van der Waals surface area contributed by atoms with E-state index in [-0.39, 0.29) is 29.9 Å². The molecule has 7 nitrogen and oxygen atoms in total. The molecule has 0 bridgehead atoms. The van der Waals surface area contributed by atoms with E-state index in [1.165, 1.54) is 4.90 Å². The van der Waals surface area contributed by atoms with Crippen molar-refractivity contribution in [3.8, 4) is 0 Å². The molecule has 0 aromatic heterocycles. The zero-order chi connectivity index (χ0) is 21.0. The third-order valence-electron chi connectivity index (χ3n) is 5.77. The van der Waals surface area contributed by atoms with Gasteiger partial charge >= 0.3 is 12.1 Å². The fraction of sp³-hybridized carbons (Fsp3) is 0.900. The average molecular weight is 387 g/mol. The first kappa shape index (κ1) is 23.7. The molecule has 0 saturated carbocycles. The number of carbonyl (C=O) groups is 2. The smallest absolute Gasteiger partial charge is 0.409 e. The molecule has 7 heteroatoms. The fourth-order valence-electron chi connectivity index (χ4n) is 4.41. The van der Waals surface area contributed by atoms with Gasteiger partial charge in [-0.05, 0) is 60.9 Å². The van der Waals surface area contributed by atoms with Crippen LogP contribution in [0.25, 0.3) is 0 Å². The Balaban J connectivity index is 3.08. The summed E-state index contributed by atoms with van der Waals surface area (Å²) in [7, 11) is 1.87. The molecule has 0 aromatic rings. The summed E-state index contributed by atoms with van der Waals surface area (Å²) < 4.78 is 11.3. The summed E-state index contributed by atoms with van der Waals surface area (Å²) in [6.07, 6.45) is 1.44. The molecule has 1 aliphatic heterocycles. The van der Waals surface area contributed by atoms with Crippen molar-refractivity contribution >= 4 is 12.1 Å². The molecule has 1 aliphatic rings. The number of hydrogen-bond donors (Lipinski definition) is 2. The first-order chi connectivity index (χ1) is 12.3. The fourth-order valence-corrected chi connectivity index (χ4v) is 4.41. The van der Waals surface area contributed by atoms with Crippen LogP contribution in [0.4, 0.5) is 4.79 Å². The van der Waals surface area contributed by atoms with Gasteiger partial charge in [-0.25, -0.2) is 4.79 Å². The van der Waals surface area contributed by atoms with Crippen molar-refractivity contribution in [1.29, 1.82) is 0 Å². The van der Waals surface area contributed by atoms with E-state index in [2.05, 4.69) is 19.2 Å². The Morgan fingerprint density at radius 1 is 1.30 bits per heavy atom. The molecule has 0 spiro atoms. The minimum atomic E-state index is -0.976. The summed E-state index contributed by atoms with van der Waals surface area (Å²) in [5.74, 6) is -0.234. The molecule has 1 heterocycles. The third-order valence-corrected chi connectivity index (χ3v) is 5.77. The van der Waals surface area contributed by atoms with Gasteiger partial charge in [0.15, 0.2) is 0 Å². The van der Waals surface area contributed by atoms with Crippen molar-refractivity contribution in [1.82, 2.24) is 10.2 Å². The van der Waals surface area contributed by atoms with Crippen molar-refractivity contribution in [2.75, 3.05) is 13.7 Å². The highest BCUT2D eigenvalue weighted by Crippen LogP contribution is 2.45. The lowest BCUT2D eigenvalue weighted by molar-refractivity contribution is -0.155. The van der Waals surface area contributed by atoms with Crippen molar-refractivity contribution in [2.45, 2.75) is 97.6 Å². The van der Waals surface area contributed by atoms with Crippen LogP contribution in [0.2, 0.25) is 0 Å². The quantitative estimate of drug-likeness (QED) is 0.620. The molecule has 0 aliphatic carbocycles. The average Bonchev–Trinajstić information content (AvgIpc) is 2.86. The Morgan fingerprint density at radius 2 is 1.85 bits per heavy atom. The van der Waals surface area contributed by atoms with Crippen LogP contribution in [0.15, 0.2) is 0 Å². The topological polar surface area (TPSA) is 88.1 Å². The van der Waals surface area contributed by atoms with Gasteiger partial charge in [-0.3, -0.25) is 9.69 Å². The molecule has 1 rings (SSSR count). The van der Waals surface area contributed by atoms with Crippen molar-refractivity contribution in [3.63, 3.8) is 0 Å². The maximum Gasteiger partial charge on any atom is 0.409 e. The number of ether oxygens (including phenoxy) is 2. The lowest BCUT2D eigenvalue weighted by atomic mass is 9.68. The number of nitrogens with one attached hydrogen (secondary N) is 1. The lowest BCUT2D eigenvalue weighted by Crippen LogP contribution is -2.59. The molecule has 27 heavy (non-hydrogen) atoms. The Bertz CT molecular complexity index is 523. The number of esters is 1. The van der Waals surface area contributed by atoms with Crippen LogP contribution in [0.5, 0.6) is 0 Å². The van der Waals surface area contributed by atoms with E-state index in [1.807, 2.05) is 27.8 Å². The molecule has 1 saturated heterocycles. The predicted octanol–water partition coefficient (Wildman–Crippen LogP) is 3.62. The molecule has 1 unspecified atom stereocenters. The molecular weight excluding hydrogens is 348 g/mol. The summed E-state index contributed by atoms with van der Waals surface area (Å²) in [5.41, 5.74) is -1.72. The van der Waals surface area contributed by atoms with E-state index in [0.29, 0.717) is 13.0 Å². The number of carboxylic acid groups (broad SMARTS) is 1. The molecule has 1 fully saturated rings. The zero-order valence-electron chi connectivity index (χ0n) is 18.2.